The number of rotatable bonds is 0. The Morgan fingerprint density at radius 1 is 1.32 bits per heavy atom. The van der Waals surface area contributed by atoms with Crippen molar-refractivity contribution in [2.45, 2.75) is 12.3 Å². The first-order chi connectivity index (χ1) is 10.3. The van der Waals surface area contributed by atoms with Crippen LogP contribution < -0.4 is 10.2 Å². The van der Waals surface area contributed by atoms with Crippen LogP contribution in [0.5, 0.6) is 0 Å². The number of fused-ring (bicyclic) bond motifs is 3. The largest absolute Gasteiger partial charge is 0.465 e. The highest BCUT2D eigenvalue weighted by Gasteiger charge is 2.38. The molecule has 1 saturated heterocycles. The second kappa shape index (κ2) is 4.79. The fraction of sp³-hybridized carbons (Fsp3) is 0.385. The molecule has 22 heavy (non-hydrogen) atoms. The predicted octanol–water partition coefficient (Wildman–Crippen LogP) is 1.57. The van der Waals surface area contributed by atoms with Gasteiger partial charge in [-0.15, -0.1) is 0 Å². The van der Waals surface area contributed by atoms with E-state index in [4.69, 9.17) is 5.11 Å². The molecule has 0 spiro atoms. The zero-order valence-corrected chi connectivity index (χ0v) is 11.2. The van der Waals surface area contributed by atoms with E-state index in [0.29, 0.717) is 0 Å². The van der Waals surface area contributed by atoms with Crippen molar-refractivity contribution in [1.82, 2.24) is 10.2 Å². The van der Waals surface area contributed by atoms with Crippen molar-refractivity contribution < 1.29 is 27.9 Å². The summed E-state index contributed by atoms with van der Waals surface area (Å²) in [6.45, 7) is 0.389. The number of piperazine rings is 1. The van der Waals surface area contributed by atoms with Crippen LogP contribution in [0.25, 0.3) is 0 Å². The number of nitrogens with zero attached hydrogens (tertiary/aromatic N) is 2. The molecule has 2 aliphatic heterocycles. The maximum atomic E-state index is 12.8. The van der Waals surface area contributed by atoms with Crippen molar-refractivity contribution in [3.8, 4) is 0 Å². The van der Waals surface area contributed by atoms with Gasteiger partial charge in [0.2, 0.25) is 0 Å². The SMILES string of the molecule is O=C1NC2CN(C(=O)O)CCN2c2cc(C(F)(F)F)ccc21. The van der Waals surface area contributed by atoms with Gasteiger partial charge in [0.25, 0.3) is 5.91 Å². The van der Waals surface area contributed by atoms with Crippen LogP contribution in [-0.2, 0) is 6.18 Å². The molecule has 1 fully saturated rings. The first-order valence-electron chi connectivity index (χ1n) is 6.54. The molecule has 1 unspecified atom stereocenters. The van der Waals surface area contributed by atoms with Gasteiger partial charge in [0.05, 0.1) is 23.4 Å². The van der Waals surface area contributed by atoms with Gasteiger partial charge in [-0.05, 0) is 18.2 Å². The summed E-state index contributed by atoms with van der Waals surface area (Å²) in [6, 6.07) is 2.96. The van der Waals surface area contributed by atoms with Crippen LogP contribution in [0.15, 0.2) is 18.2 Å². The monoisotopic (exact) mass is 315 g/mol. The summed E-state index contributed by atoms with van der Waals surface area (Å²) in [5.41, 5.74) is -0.484. The van der Waals surface area contributed by atoms with Gasteiger partial charge >= 0.3 is 12.3 Å². The minimum atomic E-state index is -4.50. The molecule has 2 heterocycles. The van der Waals surface area contributed by atoms with Crippen LogP contribution in [0.2, 0.25) is 0 Å². The molecule has 1 aromatic carbocycles. The summed E-state index contributed by atoms with van der Waals surface area (Å²) >= 11 is 0. The lowest BCUT2D eigenvalue weighted by Crippen LogP contribution is -2.63. The highest BCUT2D eigenvalue weighted by Crippen LogP contribution is 2.36. The Balaban J connectivity index is 1.98. The second-order valence-corrected chi connectivity index (χ2v) is 5.14. The van der Waals surface area contributed by atoms with Crippen LogP contribution in [-0.4, -0.2) is 47.8 Å². The van der Waals surface area contributed by atoms with E-state index in [1.54, 1.807) is 4.90 Å². The van der Waals surface area contributed by atoms with Crippen LogP contribution in [0, 0.1) is 0 Å². The van der Waals surface area contributed by atoms with Crippen LogP contribution >= 0.6 is 0 Å². The van der Waals surface area contributed by atoms with E-state index >= 15 is 0 Å². The molecule has 0 bridgehead atoms. The second-order valence-electron chi connectivity index (χ2n) is 5.14. The van der Waals surface area contributed by atoms with Gasteiger partial charge in [-0.3, -0.25) is 4.79 Å². The molecule has 0 saturated carbocycles. The van der Waals surface area contributed by atoms with Crippen molar-refractivity contribution in [2.24, 2.45) is 0 Å². The number of carbonyl (C=O) groups excluding carboxylic acids is 1. The van der Waals surface area contributed by atoms with Crippen LogP contribution in [0.1, 0.15) is 15.9 Å². The van der Waals surface area contributed by atoms with E-state index in [1.165, 1.54) is 0 Å². The maximum Gasteiger partial charge on any atom is 0.416 e. The van der Waals surface area contributed by atoms with Gasteiger partial charge in [-0.2, -0.15) is 13.2 Å². The maximum absolute atomic E-state index is 12.8. The molecule has 9 heteroatoms. The molecule has 3 rings (SSSR count). The normalized spacial score (nSPS) is 21.0. The predicted molar refractivity (Wildman–Crippen MR) is 69.6 cm³/mol. The zero-order valence-electron chi connectivity index (χ0n) is 11.2. The van der Waals surface area contributed by atoms with Crippen molar-refractivity contribution in [1.29, 1.82) is 0 Å². The molecule has 0 radical (unpaired) electrons. The molecule has 0 aliphatic carbocycles. The summed E-state index contributed by atoms with van der Waals surface area (Å²) in [6.07, 6.45) is -6.28. The Morgan fingerprint density at radius 2 is 2.05 bits per heavy atom. The summed E-state index contributed by atoms with van der Waals surface area (Å²) in [5, 5.41) is 11.6. The molecular weight excluding hydrogens is 303 g/mol. The lowest BCUT2D eigenvalue weighted by Gasteiger charge is -2.45. The molecule has 1 atom stereocenters. The summed E-state index contributed by atoms with van der Waals surface area (Å²) < 4.78 is 38.5. The van der Waals surface area contributed by atoms with E-state index < -0.39 is 29.9 Å². The molecule has 1 aromatic rings. The van der Waals surface area contributed by atoms with Gasteiger partial charge in [0, 0.05) is 13.1 Å². The zero-order chi connectivity index (χ0) is 16.1. The standard InChI is InChI=1S/C13H12F3N3O3/c14-13(15,16)7-1-2-8-9(5-7)19-4-3-18(12(21)22)6-10(19)17-11(8)20/h1-2,5,10H,3-4,6H2,(H,17,20)(H,21,22). The van der Waals surface area contributed by atoms with Gasteiger partial charge in [0.1, 0.15) is 6.17 Å². The number of carboxylic acid groups (broad SMARTS) is 1. The fourth-order valence-electron chi connectivity index (χ4n) is 2.74. The van der Waals surface area contributed by atoms with Crippen LogP contribution in [0.3, 0.4) is 0 Å². The highest BCUT2D eigenvalue weighted by molar-refractivity contribution is 6.02. The summed E-state index contributed by atoms with van der Waals surface area (Å²) in [5.74, 6) is -0.503. The number of hydrogen-bond acceptors (Lipinski definition) is 3. The van der Waals surface area contributed by atoms with Crippen molar-refractivity contribution in [3.05, 3.63) is 29.3 Å². The Kier molecular flexibility index (Phi) is 3.15. The van der Waals surface area contributed by atoms with Crippen molar-refractivity contribution in [2.75, 3.05) is 24.5 Å². The number of alkyl halides is 3. The molecule has 118 valence electrons. The lowest BCUT2D eigenvalue weighted by molar-refractivity contribution is -0.137. The average Bonchev–Trinajstić information content (AvgIpc) is 2.45. The van der Waals surface area contributed by atoms with Gasteiger partial charge in [-0.25, -0.2) is 4.79 Å². The Morgan fingerprint density at radius 3 is 2.68 bits per heavy atom. The number of nitrogens with one attached hydrogen (secondary N) is 1. The lowest BCUT2D eigenvalue weighted by atomic mass is 10.0. The molecule has 2 aliphatic rings. The minimum absolute atomic E-state index is 0.0107. The minimum Gasteiger partial charge on any atom is -0.465 e. The fourth-order valence-corrected chi connectivity index (χ4v) is 2.74. The van der Waals surface area contributed by atoms with Gasteiger partial charge in [0.15, 0.2) is 0 Å². The Hall–Kier alpha value is -2.45. The van der Waals surface area contributed by atoms with Gasteiger partial charge in [-0.1, -0.05) is 0 Å². The van der Waals surface area contributed by atoms with Gasteiger partial charge < -0.3 is 20.2 Å². The van der Waals surface area contributed by atoms with Crippen molar-refractivity contribution in [3.63, 3.8) is 0 Å². The Labute approximate surface area is 123 Å². The topological polar surface area (TPSA) is 72.9 Å². The number of amides is 2. The number of benzene rings is 1. The number of anilines is 1. The molecule has 2 N–H and O–H groups in total. The summed E-state index contributed by atoms with van der Waals surface area (Å²) in [4.78, 5) is 25.7. The molecule has 0 aromatic heterocycles. The summed E-state index contributed by atoms with van der Waals surface area (Å²) in [7, 11) is 0. The van der Waals surface area contributed by atoms with E-state index in [-0.39, 0.29) is 30.9 Å². The number of halogens is 3. The van der Waals surface area contributed by atoms with E-state index in [9.17, 15) is 22.8 Å². The van der Waals surface area contributed by atoms with E-state index in [1.807, 2.05) is 0 Å². The average molecular weight is 315 g/mol. The van der Waals surface area contributed by atoms with E-state index in [0.717, 1.165) is 23.1 Å². The number of hydrogen-bond donors (Lipinski definition) is 2. The van der Waals surface area contributed by atoms with E-state index in [2.05, 4.69) is 5.32 Å². The number of carbonyl (C=O) groups is 2. The molecule has 2 amide bonds. The quantitative estimate of drug-likeness (QED) is 0.762. The first-order valence-corrected chi connectivity index (χ1v) is 6.54. The first kappa shape index (κ1) is 14.5. The van der Waals surface area contributed by atoms with Crippen LogP contribution in [0.4, 0.5) is 23.7 Å². The molecular formula is C13H12F3N3O3. The smallest absolute Gasteiger partial charge is 0.416 e. The highest BCUT2D eigenvalue weighted by atomic mass is 19.4. The third kappa shape index (κ3) is 2.32. The van der Waals surface area contributed by atoms with Crippen molar-refractivity contribution >= 4 is 17.7 Å². The molecule has 6 nitrogen and oxygen atoms in total. The third-order valence-corrected chi connectivity index (χ3v) is 3.83. The third-order valence-electron chi connectivity index (χ3n) is 3.83. The Bertz CT molecular complexity index is 647.